The summed E-state index contributed by atoms with van der Waals surface area (Å²) in [5.74, 6) is 0.552. The first-order valence-corrected chi connectivity index (χ1v) is 12.5. The first kappa shape index (κ1) is 24.2. The van der Waals surface area contributed by atoms with Gasteiger partial charge >= 0.3 is 0 Å². The summed E-state index contributed by atoms with van der Waals surface area (Å²) >= 11 is 1.56. The summed E-state index contributed by atoms with van der Waals surface area (Å²) in [6, 6.07) is 29.5. The van der Waals surface area contributed by atoms with Crippen molar-refractivity contribution in [1.82, 2.24) is 5.32 Å². The van der Waals surface area contributed by atoms with Crippen molar-refractivity contribution in [3.63, 3.8) is 0 Å². The maximum atomic E-state index is 13.6. The molecule has 0 bridgehead atoms. The Labute approximate surface area is 210 Å². The second kappa shape index (κ2) is 11.5. The van der Waals surface area contributed by atoms with E-state index < -0.39 is 5.92 Å². The number of nitrogens with zero attached hydrogens (tertiary/aromatic N) is 1. The number of carbonyl (C=O) groups is 1. The molecule has 1 aliphatic rings. The third-order valence-electron chi connectivity index (χ3n) is 5.68. The van der Waals surface area contributed by atoms with Gasteiger partial charge in [-0.05, 0) is 37.6 Å². The number of nitrogens with one attached hydrogen (secondary N) is 2. The maximum Gasteiger partial charge on any atom is 0.254 e. The van der Waals surface area contributed by atoms with Gasteiger partial charge in [-0.25, -0.2) is 0 Å². The van der Waals surface area contributed by atoms with Crippen LogP contribution in [0.25, 0.3) is 0 Å². The molecule has 3 aromatic rings. The summed E-state index contributed by atoms with van der Waals surface area (Å²) in [5.41, 5.74) is 4.36. The van der Waals surface area contributed by atoms with Crippen molar-refractivity contribution in [3.8, 4) is 11.8 Å². The Morgan fingerprint density at radius 2 is 1.69 bits per heavy atom. The molecule has 4 rings (SSSR count). The largest absolute Gasteiger partial charge is 0.494 e. The van der Waals surface area contributed by atoms with E-state index in [1.807, 2.05) is 86.6 Å². The van der Waals surface area contributed by atoms with Crippen LogP contribution >= 0.6 is 11.8 Å². The molecule has 0 aromatic heterocycles. The number of anilines is 1. The van der Waals surface area contributed by atoms with E-state index in [9.17, 15) is 10.1 Å². The van der Waals surface area contributed by atoms with Crippen LogP contribution in [0.4, 0.5) is 5.69 Å². The number of dihydropyridines is 1. The molecule has 1 amide bonds. The Bertz CT molecular complexity index is 1290. The highest BCUT2D eigenvalue weighted by molar-refractivity contribution is 8.02. The van der Waals surface area contributed by atoms with E-state index in [0.29, 0.717) is 40.6 Å². The zero-order chi connectivity index (χ0) is 24.6. The molecule has 0 radical (unpaired) electrons. The number of benzene rings is 3. The van der Waals surface area contributed by atoms with Crippen LogP contribution in [0.2, 0.25) is 0 Å². The molecule has 3 aromatic carbocycles. The number of hydrogen-bond donors (Lipinski definition) is 2. The molecule has 1 aliphatic heterocycles. The first-order valence-electron chi connectivity index (χ1n) is 11.5. The highest BCUT2D eigenvalue weighted by Crippen LogP contribution is 2.44. The van der Waals surface area contributed by atoms with Crippen molar-refractivity contribution >= 4 is 23.4 Å². The molecular formula is C29H27N3O2S. The zero-order valence-electron chi connectivity index (χ0n) is 19.7. The first-order chi connectivity index (χ1) is 17.1. The smallest absolute Gasteiger partial charge is 0.254 e. The Balaban J connectivity index is 1.77. The minimum Gasteiger partial charge on any atom is -0.494 e. The second-order valence-electron chi connectivity index (χ2n) is 8.02. The fourth-order valence-electron chi connectivity index (χ4n) is 4.09. The number of para-hydroxylation sites is 2. The monoisotopic (exact) mass is 481 g/mol. The number of amides is 1. The Morgan fingerprint density at radius 3 is 2.37 bits per heavy atom. The lowest BCUT2D eigenvalue weighted by molar-refractivity contribution is -0.113. The van der Waals surface area contributed by atoms with Crippen LogP contribution in [0.5, 0.6) is 5.75 Å². The van der Waals surface area contributed by atoms with E-state index in [1.54, 1.807) is 11.8 Å². The number of nitriles is 1. The van der Waals surface area contributed by atoms with Gasteiger partial charge < -0.3 is 15.4 Å². The minimum absolute atomic E-state index is 0.252. The Morgan fingerprint density at radius 1 is 1.03 bits per heavy atom. The standard InChI is InChI=1S/C29H27N3O2S/c1-3-34-25-17-11-10-16-23(25)27-24(18-30)29(35-19-21-12-6-4-7-13-21)31-20(2)26(27)28(33)32-22-14-8-5-9-15-22/h4-17,27,31H,3,19H2,1-2H3,(H,32,33)/t27-/m0/s1. The summed E-state index contributed by atoms with van der Waals surface area (Å²) < 4.78 is 5.92. The van der Waals surface area contributed by atoms with Crippen molar-refractivity contribution in [2.24, 2.45) is 0 Å². The van der Waals surface area contributed by atoms with Crippen LogP contribution in [0.3, 0.4) is 0 Å². The fourth-order valence-corrected chi connectivity index (χ4v) is 5.14. The number of thioether (sulfide) groups is 1. The lowest BCUT2D eigenvalue weighted by Gasteiger charge is -2.30. The maximum absolute atomic E-state index is 13.6. The third kappa shape index (κ3) is 5.59. The van der Waals surface area contributed by atoms with Gasteiger partial charge in [-0.15, -0.1) is 11.8 Å². The Hall–Kier alpha value is -3.95. The topological polar surface area (TPSA) is 74.1 Å². The van der Waals surface area contributed by atoms with Gasteiger partial charge in [-0.2, -0.15) is 5.26 Å². The van der Waals surface area contributed by atoms with Gasteiger partial charge in [-0.1, -0.05) is 66.7 Å². The molecule has 0 spiro atoms. The van der Waals surface area contributed by atoms with Crippen LogP contribution in [0.1, 0.15) is 30.9 Å². The molecule has 0 aliphatic carbocycles. The summed E-state index contributed by atoms with van der Waals surface area (Å²) in [6.07, 6.45) is 0. The van der Waals surface area contributed by atoms with Crippen molar-refractivity contribution in [1.29, 1.82) is 5.26 Å². The van der Waals surface area contributed by atoms with E-state index in [1.165, 1.54) is 0 Å². The van der Waals surface area contributed by atoms with Gasteiger partial charge in [0.25, 0.3) is 5.91 Å². The number of carbonyl (C=O) groups excluding carboxylic acids is 1. The molecule has 6 heteroatoms. The molecule has 0 saturated heterocycles. The van der Waals surface area contributed by atoms with E-state index in [-0.39, 0.29) is 5.91 Å². The highest BCUT2D eigenvalue weighted by Gasteiger charge is 2.36. The van der Waals surface area contributed by atoms with Gasteiger partial charge in [0, 0.05) is 28.3 Å². The van der Waals surface area contributed by atoms with Crippen LogP contribution in [-0.2, 0) is 10.5 Å². The highest BCUT2D eigenvalue weighted by atomic mass is 32.2. The number of rotatable bonds is 8. The minimum atomic E-state index is -0.564. The summed E-state index contributed by atoms with van der Waals surface area (Å²) in [4.78, 5) is 13.6. The quantitative estimate of drug-likeness (QED) is 0.392. The molecule has 35 heavy (non-hydrogen) atoms. The fraction of sp³-hybridized carbons (Fsp3) is 0.172. The van der Waals surface area contributed by atoms with Crippen molar-refractivity contribution in [2.75, 3.05) is 11.9 Å². The molecular weight excluding hydrogens is 454 g/mol. The molecule has 1 atom stereocenters. The van der Waals surface area contributed by atoms with Crippen molar-refractivity contribution in [2.45, 2.75) is 25.5 Å². The van der Waals surface area contributed by atoms with Gasteiger partial charge in [0.15, 0.2) is 0 Å². The zero-order valence-corrected chi connectivity index (χ0v) is 20.6. The van der Waals surface area contributed by atoms with Crippen molar-refractivity contribution < 1.29 is 9.53 Å². The van der Waals surface area contributed by atoms with E-state index >= 15 is 0 Å². The normalized spacial score (nSPS) is 15.3. The van der Waals surface area contributed by atoms with Crippen LogP contribution in [0, 0.1) is 11.3 Å². The Kier molecular flexibility index (Phi) is 7.92. The number of ether oxygens (including phenoxy) is 1. The lowest BCUT2D eigenvalue weighted by atomic mass is 9.81. The molecule has 2 N–H and O–H groups in total. The average molecular weight is 482 g/mol. The molecule has 176 valence electrons. The number of hydrogen-bond acceptors (Lipinski definition) is 5. The van der Waals surface area contributed by atoms with E-state index in [0.717, 1.165) is 16.2 Å². The molecule has 0 saturated carbocycles. The van der Waals surface area contributed by atoms with Gasteiger partial charge in [-0.3, -0.25) is 4.79 Å². The molecule has 0 unspecified atom stereocenters. The van der Waals surface area contributed by atoms with Crippen molar-refractivity contribution in [3.05, 3.63) is 118 Å². The summed E-state index contributed by atoms with van der Waals surface area (Å²) in [5, 5.41) is 17.4. The van der Waals surface area contributed by atoms with Crippen LogP contribution in [0.15, 0.2) is 107 Å². The molecule has 0 fully saturated rings. The lowest BCUT2D eigenvalue weighted by Crippen LogP contribution is -2.31. The summed E-state index contributed by atoms with van der Waals surface area (Å²) in [7, 11) is 0. The summed E-state index contributed by atoms with van der Waals surface area (Å²) in [6.45, 7) is 4.29. The number of allylic oxidation sites excluding steroid dienone is 2. The van der Waals surface area contributed by atoms with Crippen LogP contribution in [-0.4, -0.2) is 12.5 Å². The second-order valence-corrected chi connectivity index (χ2v) is 9.00. The van der Waals surface area contributed by atoms with Crippen LogP contribution < -0.4 is 15.4 Å². The van der Waals surface area contributed by atoms with Gasteiger partial charge in [0.2, 0.25) is 0 Å². The SMILES string of the molecule is CCOc1ccccc1[C@H]1C(C#N)=C(SCc2ccccc2)NC(C)=C1C(=O)Nc1ccccc1. The van der Waals surface area contributed by atoms with Gasteiger partial charge in [0.1, 0.15) is 5.75 Å². The van der Waals surface area contributed by atoms with Gasteiger partial charge in [0.05, 0.1) is 29.2 Å². The molecule has 1 heterocycles. The average Bonchev–Trinajstić information content (AvgIpc) is 2.88. The third-order valence-corrected chi connectivity index (χ3v) is 6.77. The van der Waals surface area contributed by atoms with E-state index in [4.69, 9.17) is 4.74 Å². The predicted octanol–water partition coefficient (Wildman–Crippen LogP) is 6.35. The predicted molar refractivity (Wildman–Crippen MR) is 142 cm³/mol. The van der Waals surface area contributed by atoms with E-state index in [2.05, 4.69) is 28.8 Å². The molecule has 5 nitrogen and oxygen atoms in total.